The third kappa shape index (κ3) is 5.36. The Balaban J connectivity index is 1.71. The molecule has 3 aromatic rings. The number of nitro benzene ring substituents is 1. The third-order valence-corrected chi connectivity index (χ3v) is 6.11. The molecule has 0 aliphatic carbocycles. The number of carbonyl (C=O) groups is 3. The Bertz CT molecular complexity index is 1480. The first-order valence-electron chi connectivity index (χ1n) is 11.2. The minimum atomic E-state index is -1.01. The number of carbonyl (C=O) groups excluding carboxylic acids is 3. The van der Waals surface area contributed by atoms with E-state index in [4.69, 9.17) is 16.3 Å². The molecule has 0 radical (unpaired) electrons. The van der Waals surface area contributed by atoms with Crippen molar-refractivity contribution in [2.75, 3.05) is 12.0 Å². The van der Waals surface area contributed by atoms with E-state index in [1.807, 2.05) is 13.8 Å². The number of nitro groups is 1. The van der Waals surface area contributed by atoms with Crippen molar-refractivity contribution < 1.29 is 24.0 Å². The van der Waals surface area contributed by atoms with Crippen LogP contribution in [-0.2, 0) is 16.0 Å². The van der Waals surface area contributed by atoms with Crippen molar-refractivity contribution in [3.8, 4) is 5.75 Å². The summed E-state index contributed by atoms with van der Waals surface area (Å²) in [7, 11) is 1.49. The van der Waals surface area contributed by atoms with Crippen LogP contribution in [-0.4, -0.2) is 29.9 Å². The molecule has 0 unspecified atom stereocenters. The van der Waals surface area contributed by atoms with Crippen molar-refractivity contribution in [1.82, 2.24) is 5.32 Å². The Labute approximate surface area is 217 Å². The number of imide groups is 2. The number of barbiturate groups is 1. The molecular formula is C27H22ClN3O6. The molecule has 9 nitrogen and oxygen atoms in total. The Hall–Kier alpha value is -4.50. The maximum absolute atomic E-state index is 13.2. The van der Waals surface area contributed by atoms with Gasteiger partial charge in [0.25, 0.3) is 17.5 Å². The Morgan fingerprint density at radius 3 is 2.41 bits per heavy atom. The predicted molar refractivity (Wildman–Crippen MR) is 139 cm³/mol. The Morgan fingerprint density at radius 1 is 1.05 bits per heavy atom. The van der Waals surface area contributed by atoms with E-state index >= 15 is 0 Å². The van der Waals surface area contributed by atoms with E-state index in [0.29, 0.717) is 27.7 Å². The molecule has 37 heavy (non-hydrogen) atoms. The second-order valence-corrected chi connectivity index (χ2v) is 9.00. The molecule has 0 aromatic heterocycles. The van der Waals surface area contributed by atoms with Gasteiger partial charge in [-0.3, -0.25) is 25.0 Å². The zero-order valence-corrected chi connectivity index (χ0v) is 21.0. The summed E-state index contributed by atoms with van der Waals surface area (Å²) in [6.45, 7) is 4.02. The lowest BCUT2D eigenvalue weighted by Gasteiger charge is -2.26. The van der Waals surface area contributed by atoms with E-state index in [2.05, 4.69) is 23.5 Å². The van der Waals surface area contributed by atoms with E-state index < -0.39 is 22.8 Å². The lowest BCUT2D eigenvalue weighted by atomic mass is 9.98. The zero-order chi connectivity index (χ0) is 26.9. The van der Waals surface area contributed by atoms with E-state index in [0.717, 1.165) is 28.3 Å². The van der Waals surface area contributed by atoms with Gasteiger partial charge < -0.3 is 4.74 Å². The summed E-state index contributed by atoms with van der Waals surface area (Å²) in [4.78, 5) is 49.4. The third-order valence-electron chi connectivity index (χ3n) is 5.77. The maximum Gasteiger partial charge on any atom is 0.335 e. The molecule has 0 atom stereocenters. The average molecular weight is 520 g/mol. The molecule has 10 heteroatoms. The first-order chi connectivity index (χ1) is 17.6. The van der Waals surface area contributed by atoms with Crippen LogP contribution in [0.5, 0.6) is 5.75 Å². The number of nitrogens with one attached hydrogen (secondary N) is 1. The van der Waals surface area contributed by atoms with Gasteiger partial charge in [0.1, 0.15) is 11.3 Å². The van der Waals surface area contributed by atoms with Gasteiger partial charge in [0.15, 0.2) is 0 Å². The number of urea groups is 1. The Morgan fingerprint density at radius 2 is 1.76 bits per heavy atom. The average Bonchev–Trinajstić information content (AvgIpc) is 2.82. The quantitative estimate of drug-likeness (QED) is 0.209. The van der Waals surface area contributed by atoms with Crippen molar-refractivity contribution >= 4 is 46.9 Å². The van der Waals surface area contributed by atoms with E-state index in [1.165, 1.54) is 31.4 Å². The van der Waals surface area contributed by atoms with Crippen LogP contribution in [0, 0.1) is 24.0 Å². The minimum Gasteiger partial charge on any atom is -0.496 e. The molecule has 0 saturated carbocycles. The SMILES string of the molecule is COc1cc(/C=C2\C(=O)NC(=O)N(c3cccc([N+](=O)[O-])c3)C2=O)cc(Cl)c1Cc1cc(C)cc(C)c1. The number of hydrogen-bond acceptors (Lipinski definition) is 6. The largest absolute Gasteiger partial charge is 0.496 e. The Kier molecular flexibility index (Phi) is 7.08. The van der Waals surface area contributed by atoms with E-state index in [9.17, 15) is 24.5 Å². The van der Waals surface area contributed by atoms with Crippen LogP contribution in [0.25, 0.3) is 6.08 Å². The lowest BCUT2D eigenvalue weighted by molar-refractivity contribution is -0.384. The number of anilines is 1. The van der Waals surface area contributed by atoms with Crippen molar-refractivity contribution in [1.29, 1.82) is 0 Å². The van der Waals surface area contributed by atoms with E-state index in [-0.39, 0.29) is 16.9 Å². The van der Waals surface area contributed by atoms with Crippen LogP contribution < -0.4 is 15.0 Å². The minimum absolute atomic E-state index is 0.0468. The molecule has 1 saturated heterocycles. The van der Waals surface area contributed by atoms with Gasteiger partial charge in [0.2, 0.25) is 0 Å². The van der Waals surface area contributed by atoms with Gasteiger partial charge in [-0.1, -0.05) is 47.0 Å². The summed E-state index contributed by atoms with van der Waals surface area (Å²) >= 11 is 6.60. The number of amides is 4. The highest BCUT2D eigenvalue weighted by molar-refractivity contribution is 6.39. The number of methoxy groups -OCH3 is 1. The zero-order valence-electron chi connectivity index (χ0n) is 20.2. The fraction of sp³-hybridized carbons (Fsp3) is 0.148. The molecule has 1 aliphatic rings. The summed E-state index contributed by atoms with van der Waals surface area (Å²) in [5, 5.41) is 13.6. The molecule has 4 amide bonds. The highest BCUT2D eigenvalue weighted by Gasteiger charge is 2.37. The molecule has 188 valence electrons. The van der Waals surface area contributed by atoms with Crippen molar-refractivity contribution in [3.63, 3.8) is 0 Å². The summed E-state index contributed by atoms with van der Waals surface area (Å²) in [6.07, 6.45) is 1.80. The molecule has 1 heterocycles. The second-order valence-electron chi connectivity index (χ2n) is 8.59. The number of nitrogens with zero attached hydrogens (tertiary/aromatic N) is 2. The monoisotopic (exact) mass is 519 g/mol. The van der Waals surface area contributed by atoms with Crippen LogP contribution in [0.1, 0.15) is 27.8 Å². The molecule has 1 fully saturated rings. The summed E-state index contributed by atoms with van der Waals surface area (Å²) in [5.74, 6) is -1.36. The number of rotatable bonds is 6. The van der Waals surface area contributed by atoms with Gasteiger partial charge in [0.05, 0.1) is 17.7 Å². The molecular weight excluding hydrogens is 498 g/mol. The lowest BCUT2D eigenvalue weighted by Crippen LogP contribution is -2.54. The standard InChI is InChI=1S/C27H22ClN3O6/c1-15-7-16(2)9-17(8-15)10-21-23(28)12-18(13-24(21)37-3)11-22-25(32)29-27(34)30(26(22)33)19-5-4-6-20(14-19)31(35)36/h4-9,11-14H,10H2,1-3H3,(H,29,32,34)/b22-11+. The topological polar surface area (TPSA) is 119 Å². The normalized spacial score (nSPS) is 14.6. The first-order valence-corrected chi connectivity index (χ1v) is 11.5. The second kappa shape index (κ2) is 10.2. The number of hydrogen-bond donors (Lipinski definition) is 1. The van der Waals surface area contributed by atoms with Gasteiger partial charge in [-0.15, -0.1) is 0 Å². The smallest absolute Gasteiger partial charge is 0.335 e. The maximum atomic E-state index is 13.2. The van der Waals surface area contributed by atoms with Crippen molar-refractivity contribution in [2.45, 2.75) is 20.3 Å². The van der Waals surface area contributed by atoms with Crippen LogP contribution in [0.2, 0.25) is 5.02 Å². The molecule has 3 aromatic carbocycles. The van der Waals surface area contributed by atoms with Crippen LogP contribution in [0.3, 0.4) is 0 Å². The number of halogens is 1. The molecule has 1 N–H and O–H groups in total. The fourth-order valence-electron chi connectivity index (χ4n) is 4.25. The molecule has 0 spiro atoms. The van der Waals surface area contributed by atoms with Gasteiger partial charge in [-0.05, 0) is 49.2 Å². The first kappa shape index (κ1) is 25.6. The number of ether oxygens (including phenoxy) is 1. The van der Waals surface area contributed by atoms with Crippen LogP contribution >= 0.6 is 11.6 Å². The summed E-state index contributed by atoms with van der Waals surface area (Å²) in [6, 6.07) is 13.4. The predicted octanol–water partition coefficient (Wildman–Crippen LogP) is 5.13. The van der Waals surface area contributed by atoms with Crippen molar-refractivity contribution in [3.05, 3.63) is 103 Å². The molecule has 4 rings (SSSR count). The summed E-state index contributed by atoms with van der Waals surface area (Å²) in [5.41, 5.74) is 3.74. The van der Waals surface area contributed by atoms with Crippen LogP contribution in [0.15, 0.2) is 60.2 Å². The fourth-order valence-corrected chi connectivity index (χ4v) is 4.53. The molecule has 1 aliphatic heterocycles. The van der Waals surface area contributed by atoms with Gasteiger partial charge in [-0.2, -0.15) is 0 Å². The number of aryl methyl sites for hydroxylation is 2. The molecule has 0 bridgehead atoms. The highest BCUT2D eigenvalue weighted by atomic mass is 35.5. The van der Waals surface area contributed by atoms with Gasteiger partial charge in [0, 0.05) is 29.1 Å². The highest BCUT2D eigenvalue weighted by Crippen LogP contribution is 2.33. The van der Waals surface area contributed by atoms with Gasteiger partial charge >= 0.3 is 6.03 Å². The van der Waals surface area contributed by atoms with Crippen molar-refractivity contribution in [2.24, 2.45) is 0 Å². The summed E-state index contributed by atoms with van der Waals surface area (Å²) < 4.78 is 5.56. The number of non-ortho nitro benzene ring substituents is 1. The van der Waals surface area contributed by atoms with E-state index in [1.54, 1.807) is 12.1 Å². The van der Waals surface area contributed by atoms with Gasteiger partial charge in [-0.25, -0.2) is 9.69 Å². The van der Waals surface area contributed by atoms with Crippen LogP contribution in [0.4, 0.5) is 16.2 Å². The number of benzene rings is 3.